The van der Waals surface area contributed by atoms with Crippen molar-refractivity contribution in [2.75, 3.05) is 7.05 Å². The predicted molar refractivity (Wildman–Crippen MR) is 254 cm³/mol. The van der Waals surface area contributed by atoms with E-state index in [4.69, 9.17) is 6.58 Å². The van der Waals surface area contributed by atoms with Gasteiger partial charge in [0.2, 0.25) is 0 Å². The molecule has 1 aliphatic carbocycles. The van der Waals surface area contributed by atoms with Crippen molar-refractivity contribution in [3.8, 4) is 22.3 Å². The van der Waals surface area contributed by atoms with Crippen molar-refractivity contribution in [1.82, 2.24) is 5.32 Å². The highest BCUT2D eigenvalue weighted by Gasteiger charge is 2.19. The molecule has 6 rings (SSSR count). The Hall–Kier alpha value is -6.70. The van der Waals surface area contributed by atoms with Gasteiger partial charge in [-0.15, -0.1) is 0 Å². The summed E-state index contributed by atoms with van der Waals surface area (Å²) < 4.78 is 0. The van der Waals surface area contributed by atoms with Crippen LogP contribution in [-0.2, 0) is 6.42 Å². The molecule has 1 nitrogen and oxygen atoms in total. The average Bonchev–Trinajstić information content (AvgIpc) is 3.29. The highest BCUT2D eigenvalue weighted by Crippen LogP contribution is 2.40. The molecule has 0 saturated heterocycles. The summed E-state index contributed by atoms with van der Waals surface area (Å²) >= 11 is 0. The molecule has 1 heteroatoms. The lowest BCUT2D eigenvalue weighted by molar-refractivity contribution is 0.794. The molecule has 0 fully saturated rings. The van der Waals surface area contributed by atoms with Gasteiger partial charge in [-0.25, -0.2) is 0 Å². The van der Waals surface area contributed by atoms with Gasteiger partial charge >= 0.3 is 0 Å². The van der Waals surface area contributed by atoms with Crippen molar-refractivity contribution in [1.29, 1.82) is 0 Å². The van der Waals surface area contributed by atoms with Crippen LogP contribution in [0.2, 0.25) is 0 Å². The fourth-order valence-corrected chi connectivity index (χ4v) is 7.22. The van der Waals surface area contributed by atoms with Crippen LogP contribution in [0.1, 0.15) is 48.4 Å². The van der Waals surface area contributed by atoms with E-state index in [0.29, 0.717) is 0 Å². The first-order chi connectivity index (χ1) is 28.7. The molecule has 0 heterocycles. The van der Waals surface area contributed by atoms with Gasteiger partial charge in [0, 0.05) is 13.0 Å². The van der Waals surface area contributed by atoms with E-state index in [1.807, 2.05) is 25.4 Å². The molecule has 0 bridgehead atoms. The van der Waals surface area contributed by atoms with Crippen molar-refractivity contribution >= 4 is 16.7 Å². The quantitative estimate of drug-likeness (QED) is 0.0736. The molecule has 58 heavy (non-hydrogen) atoms. The molecule has 288 valence electrons. The second-order valence-corrected chi connectivity index (χ2v) is 14.4. The van der Waals surface area contributed by atoms with Crippen LogP contribution in [0.25, 0.3) is 39.0 Å². The van der Waals surface area contributed by atoms with Crippen LogP contribution in [0.4, 0.5) is 0 Å². The second-order valence-electron chi connectivity index (χ2n) is 14.4. The number of nitrogens with one attached hydrogen (secondary N) is 1. The third kappa shape index (κ3) is 11.4. The third-order valence-electron chi connectivity index (χ3n) is 10.2. The van der Waals surface area contributed by atoms with Gasteiger partial charge in [0.15, 0.2) is 0 Å². The Bertz CT molecular complexity index is 2370. The maximum absolute atomic E-state index is 4.80. The van der Waals surface area contributed by atoms with Crippen molar-refractivity contribution in [3.05, 3.63) is 259 Å². The summed E-state index contributed by atoms with van der Waals surface area (Å²) in [5.74, 6) is 0.200. The molecule has 0 aromatic heterocycles. The summed E-state index contributed by atoms with van der Waals surface area (Å²) in [6, 6.07) is 48.2. The maximum Gasteiger partial charge on any atom is 0.00559 e. The van der Waals surface area contributed by atoms with E-state index in [-0.39, 0.29) is 5.92 Å². The summed E-state index contributed by atoms with van der Waals surface area (Å²) in [6.45, 7) is 7.02. The summed E-state index contributed by atoms with van der Waals surface area (Å²) in [5.41, 5.74) is 14.0. The van der Waals surface area contributed by atoms with Crippen LogP contribution in [-0.4, -0.2) is 7.05 Å². The third-order valence-corrected chi connectivity index (χ3v) is 10.2. The van der Waals surface area contributed by atoms with Gasteiger partial charge in [0.1, 0.15) is 0 Å². The first-order valence-corrected chi connectivity index (χ1v) is 20.5. The lowest BCUT2D eigenvalue weighted by Crippen LogP contribution is -2.04. The van der Waals surface area contributed by atoms with Crippen LogP contribution in [0, 0.1) is 5.92 Å². The molecule has 0 saturated carbocycles. The van der Waals surface area contributed by atoms with E-state index in [2.05, 4.69) is 219 Å². The van der Waals surface area contributed by atoms with E-state index in [0.717, 1.165) is 64.7 Å². The molecular formula is C57H55N. The van der Waals surface area contributed by atoms with Crippen LogP contribution in [0.5, 0.6) is 0 Å². The number of rotatable bonds is 17. The minimum Gasteiger partial charge on any atom is -0.394 e. The van der Waals surface area contributed by atoms with Crippen LogP contribution < -0.4 is 5.32 Å². The molecule has 1 N–H and O–H groups in total. The molecule has 0 aliphatic heterocycles. The Labute approximate surface area is 347 Å². The number of hydrogen-bond acceptors (Lipinski definition) is 1. The van der Waals surface area contributed by atoms with Crippen molar-refractivity contribution in [2.45, 2.75) is 32.6 Å². The van der Waals surface area contributed by atoms with Gasteiger partial charge in [-0.1, -0.05) is 220 Å². The van der Waals surface area contributed by atoms with Crippen molar-refractivity contribution in [2.24, 2.45) is 5.92 Å². The Morgan fingerprint density at radius 3 is 1.98 bits per heavy atom. The fraction of sp³-hybridized carbons (Fsp3) is 0.123. The fourth-order valence-electron chi connectivity index (χ4n) is 7.22. The van der Waals surface area contributed by atoms with Gasteiger partial charge in [0.05, 0.1) is 0 Å². The molecule has 5 aromatic carbocycles. The van der Waals surface area contributed by atoms with E-state index in [9.17, 15) is 0 Å². The van der Waals surface area contributed by atoms with Gasteiger partial charge in [-0.05, 0) is 110 Å². The maximum atomic E-state index is 4.80. The predicted octanol–water partition coefficient (Wildman–Crippen LogP) is 15.0. The van der Waals surface area contributed by atoms with Crippen molar-refractivity contribution < 1.29 is 0 Å². The number of hydrogen-bond donors (Lipinski definition) is 1. The summed E-state index contributed by atoms with van der Waals surface area (Å²) in [4.78, 5) is 0. The smallest absolute Gasteiger partial charge is 0.00559 e. The molecule has 1 unspecified atom stereocenters. The number of benzene rings is 5. The first kappa shape index (κ1) is 40.9. The molecule has 0 radical (unpaired) electrons. The monoisotopic (exact) mass is 753 g/mol. The number of allylic oxidation sites excluding steroid dienone is 18. The molecule has 0 spiro atoms. The highest BCUT2D eigenvalue weighted by atomic mass is 14.8. The minimum absolute atomic E-state index is 0.200. The van der Waals surface area contributed by atoms with Gasteiger partial charge in [-0.2, -0.15) is 0 Å². The zero-order chi connectivity index (χ0) is 40.2. The zero-order valence-corrected chi connectivity index (χ0v) is 34.0. The summed E-state index contributed by atoms with van der Waals surface area (Å²) in [6.07, 6.45) is 36.4. The van der Waals surface area contributed by atoms with E-state index in [1.165, 1.54) is 27.8 Å². The first-order valence-electron chi connectivity index (χ1n) is 20.5. The summed E-state index contributed by atoms with van der Waals surface area (Å²) in [5, 5.41) is 3.05. The van der Waals surface area contributed by atoms with E-state index in [1.54, 1.807) is 0 Å². The average molecular weight is 754 g/mol. The molecule has 0 amide bonds. The molecule has 1 atom stereocenters. The lowest BCUT2D eigenvalue weighted by atomic mass is 9.82. The summed E-state index contributed by atoms with van der Waals surface area (Å²) in [7, 11) is 1.91. The van der Waals surface area contributed by atoms with Gasteiger partial charge in [-0.3, -0.25) is 0 Å². The topological polar surface area (TPSA) is 12.0 Å². The van der Waals surface area contributed by atoms with Crippen LogP contribution in [0.3, 0.4) is 0 Å². The Balaban J connectivity index is 1.65. The van der Waals surface area contributed by atoms with Gasteiger partial charge in [0.25, 0.3) is 0 Å². The van der Waals surface area contributed by atoms with E-state index < -0.39 is 0 Å². The normalized spacial score (nSPS) is 15.0. The van der Waals surface area contributed by atoms with Crippen LogP contribution >= 0.6 is 0 Å². The van der Waals surface area contributed by atoms with Crippen LogP contribution in [0.15, 0.2) is 237 Å². The largest absolute Gasteiger partial charge is 0.394 e. The second kappa shape index (κ2) is 22.1. The Morgan fingerprint density at radius 1 is 0.638 bits per heavy atom. The van der Waals surface area contributed by atoms with E-state index >= 15 is 0 Å². The standard InChI is InChI=1S/C57H55N/c1-4-5-6-8-24-37-54(49-33-20-13-21-34-49)57(44-56(50-35-22-14-23-36-50)45(2)47-29-16-11-17-30-47)52-42-46(28-15-9-7-10-27-40-58-3)41-51(43-52)55-39-26-25-38-53(55)48-31-18-12-19-32-48/h6-27,29,31-44,47,58H,2,4-5,28,30H2,1,3H3/b8-6-,10-7-,15-9+,37-24-,40-27-,56-44+,57-54-. The van der Waals surface area contributed by atoms with Gasteiger partial charge < -0.3 is 5.32 Å². The lowest BCUT2D eigenvalue weighted by Gasteiger charge is -2.22. The number of unbranched alkanes of at least 4 members (excludes halogenated alkanes) is 1. The Morgan fingerprint density at radius 2 is 1.29 bits per heavy atom. The van der Waals surface area contributed by atoms with Crippen molar-refractivity contribution in [3.63, 3.8) is 0 Å². The zero-order valence-electron chi connectivity index (χ0n) is 34.0. The molecular weight excluding hydrogens is 699 g/mol. The molecule has 1 aliphatic rings. The SMILES string of the molecule is C=C(\C(=C/C(=C(\C=C/C=C\CCC)c1ccccc1)c1cc(C/C=C/C=C\C=C/NC)cc(-c2ccccc2-c2ccccc2)c1)c1ccccc1)C1C=CC=CC1. The molecule has 5 aromatic rings. The Kier molecular flexibility index (Phi) is 15.6. The highest BCUT2D eigenvalue weighted by molar-refractivity contribution is 6.04. The minimum atomic E-state index is 0.200.